The van der Waals surface area contributed by atoms with Crippen molar-refractivity contribution >= 4 is 18.1 Å². The van der Waals surface area contributed by atoms with Gasteiger partial charge in [-0.2, -0.15) is 0 Å². The Balaban J connectivity index is 0.000000810. The Morgan fingerprint density at radius 1 is 1.20 bits per heavy atom. The third kappa shape index (κ3) is 3.06. The van der Waals surface area contributed by atoms with E-state index in [4.69, 9.17) is 0 Å². The molecule has 60 valence electrons. The van der Waals surface area contributed by atoms with Crippen LogP contribution in [0.25, 0.3) is 0 Å². The first-order chi connectivity index (χ1) is 4.43. The summed E-state index contributed by atoms with van der Waals surface area (Å²) in [5.41, 5.74) is 1.24. The molecule has 0 unspecified atom stereocenters. The van der Waals surface area contributed by atoms with E-state index in [0.717, 1.165) is 12.8 Å². The summed E-state index contributed by atoms with van der Waals surface area (Å²) in [6.45, 7) is 0. The highest BCUT2D eigenvalue weighted by molar-refractivity contribution is 5.85. The second-order valence-electron chi connectivity index (χ2n) is 2.40. The lowest BCUT2D eigenvalue weighted by atomic mass is 9.99. The quantitative estimate of drug-likeness (QED) is 0.544. The fourth-order valence-electron chi connectivity index (χ4n) is 1.18. The number of nitrogens with zero attached hydrogens (tertiary/aromatic N) is 1. The number of hydrogen-bond acceptors (Lipinski definition) is 2. The van der Waals surface area contributed by atoms with Gasteiger partial charge in [-0.1, -0.05) is 11.6 Å². The molecule has 0 radical (unpaired) electrons. The number of hydrogen-bond donors (Lipinski definition) is 0. The first kappa shape index (κ1) is 9.76. The van der Waals surface area contributed by atoms with Crippen molar-refractivity contribution in [2.75, 3.05) is 7.11 Å². The molecule has 0 saturated heterocycles. The number of rotatable bonds is 1. The Bertz CT molecular complexity index is 106. The van der Waals surface area contributed by atoms with E-state index in [0.29, 0.717) is 0 Å². The number of oxime groups is 1. The molecule has 1 aliphatic rings. The van der Waals surface area contributed by atoms with Crippen LogP contribution < -0.4 is 0 Å². The molecule has 0 atom stereocenters. The van der Waals surface area contributed by atoms with E-state index in [-0.39, 0.29) is 12.4 Å². The molecule has 3 heteroatoms. The molecule has 1 aliphatic carbocycles. The van der Waals surface area contributed by atoms with Gasteiger partial charge >= 0.3 is 0 Å². The molecular formula is C7H14ClNO. The van der Waals surface area contributed by atoms with Crippen molar-refractivity contribution in [2.45, 2.75) is 32.1 Å². The highest BCUT2D eigenvalue weighted by atomic mass is 35.5. The lowest BCUT2D eigenvalue weighted by Crippen LogP contribution is -2.04. The Kier molecular flexibility index (Phi) is 5.40. The van der Waals surface area contributed by atoms with Gasteiger partial charge < -0.3 is 4.84 Å². The van der Waals surface area contributed by atoms with Crippen LogP contribution in [0.15, 0.2) is 5.16 Å². The molecule has 10 heavy (non-hydrogen) atoms. The third-order valence-electron chi connectivity index (χ3n) is 1.65. The van der Waals surface area contributed by atoms with Gasteiger partial charge in [0.2, 0.25) is 0 Å². The maximum Gasteiger partial charge on any atom is 0.106 e. The van der Waals surface area contributed by atoms with Crippen molar-refractivity contribution in [3.8, 4) is 0 Å². The molecule has 0 amide bonds. The monoisotopic (exact) mass is 163 g/mol. The van der Waals surface area contributed by atoms with Crippen LogP contribution in [0.1, 0.15) is 32.1 Å². The molecule has 0 bridgehead atoms. The molecule has 1 rings (SSSR count). The van der Waals surface area contributed by atoms with Gasteiger partial charge in [0.25, 0.3) is 0 Å². The second-order valence-corrected chi connectivity index (χ2v) is 2.40. The summed E-state index contributed by atoms with van der Waals surface area (Å²) in [6.07, 6.45) is 6.24. The second kappa shape index (κ2) is 5.54. The lowest BCUT2D eigenvalue weighted by Gasteiger charge is -2.10. The number of halogens is 1. The Morgan fingerprint density at radius 2 is 1.80 bits per heavy atom. The zero-order chi connectivity index (χ0) is 6.53. The van der Waals surface area contributed by atoms with Gasteiger partial charge in [-0.25, -0.2) is 0 Å². The summed E-state index contributed by atoms with van der Waals surface area (Å²) >= 11 is 0. The first-order valence-corrected chi connectivity index (χ1v) is 3.52. The van der Waals surface area contributed by atoms with E-state index >= 15 is 0 Å². The van der Waals surface area contributed by atoms with Crippen LogP contribution in [-0.2, 0) is 4.84 Å². The minimum absolute atomic E-state index is 0. The first-order valence-electron chi connectivity index (χ1n) is 3.52. The zero-order valence-electron chi connectivity index (χ0n) is 6.30. The van der Waals surface area contributed by atoms with Crippen LogP contribution in [0.3, 0.4) is 0 Å². The third-order valence-corrected chi connectivity index (χ3v) is 1.65. The van der Waals surface area contributed by atoms with Gasteiger partial charge in [-0.15, -0.1) is 12.4 Å². The minimum atomic E-state index is 0. The molecule has 1 fully saturated rings. The topological polar surface area (TPSA) is 21.6 Å². The molecule has 2 nitrogen and oxygen atoms in total. The van der Waals surface area contributed by atoms with Crippen LogP contribution in [0, 0.1) is 0 Å². The Labute approximate surface area is 68.0 Å². The van der Waals surface area contributed by atoms with Crippen molar-refractivity contribution in [3.05, 3.63) is 0 Å². The largest absolute Gasteiger partial charge is 0.399 e. The lowest BCUT2D eigenvalue weighted by molar-refractivity contribution is 0.211. The van der Waals surface area contributed by atoms with Gasteiger partial charge in [0.15, 0.2) is 0 Å². The summed E-state index contributed by atoms with van der Waals surface area (Å²) in [5.74, 6) is 0. The molecule has 0 N–H and O–H groups in total. The summed E-state index contributed by atoms with van der Waals surface area (Å²) in [6, 6.07) is 0. The molecule has 0 aliphatic heterocycles. The van der Waals surface area contributed by atoms with E-state index in [1.165, 1.54) is 25.0 Å². The molecule has 0 heterocycles. The minimum Gasteiger partial charge on any atom is -0.399 e. The van der Waals surface area contributed by atoms with E-state index in [9.17, 15) is 0 Å². The Morgan fingerprint density at radius 3 is 2.30 bits per heavy atom. The molecule has 0 spiro atoms. The fraction of sp³-hybridized carbons (Fsp3) is 0.857. The summed E-state index contributed by atoms with van der Waals surface area (Å²) in [4.78, 5) is 4.67. The van der Waals surface area contributed by atoms with Crippen molar-refractivity contribution in [2.24, 2.45) is 5.16 Å². The fourth-order valence-corrected chi connectivity index (χ4v) is 1.18. The van der Waals surface area contributed by atoms with E-state index in [1.54, 1.807) is 7.11 Å². The van der Waals surface area contributed by atoms with Gasteiger partial charge in [-0.3, -0.25) is 0 Å². The van der Waals surface area contributed by atoms with Crippen LogP contribution in [0.2, 0.25) is 0 Å². The molecule has 0 aromatic heterocycles. The maximum atomic E-state index is 4.67. The van der Waals surface area contributed by atoms with Crippen LogP contribution in [0.4, 0.5) is 0 Å². The van der Waals surface area contributed by atoms with Crippen LogP contribution in [-0.4, -0.2) is 12.8 Å². The van der Waals surface area contributed by atoms with Crippen LogP contribution in [0.5, 0.6) is 0 Å². The molecule has 0 aromatic carbocycles. The Hall–Kier alpha value is -0.240. The summed E-state index contributed by atoms with van der Waals surface area (Å²) in [7, 11) is 1.61. The average molecular weight is 164 g/mol. The highest BCUT2D eigenvalue weighted by Gasteiger charge is 2.05. The normalized spacial score (nSPS) is 17.5. The summed E-state index contributed by atoms with van der Waals surface area (Å²) < 4.78 is 0. The van der Waals surface area contributed by atoms with Gasteiger partial charge in [0, 0.05) is 0 Å². The van der Waals surface area contributed by atoms with Crippen molar-refractivity contribution in [1.82, 2.24) is 0 Å². The van der Waals surface area contributed by atoms with E-state index in [1.807, 2.05) is 0 Å². The van der Waals surface area contributed by atoms with E-state index in [2.05, 4.69) is 9.99 Å². The maximum absolute atomic E-state index is 4.67. The zero-order valence-corrected chi connectivity index (χ0v) is 7.12. The predicted octanol–water partition coefficient (Wildman–Crippen LogP) is 2.37. The smallest absolute Gasteiger partial charge is 0.106 e. The van der Waals surface area contributed by atoms with Gasteiger partial charge in [-0.05, 0) is 25.7 Å². The predicted molar refractivity (Wildman–Crippen MR) is 44.8 cm³/mol. The summed E-state index contributed by atoms with van der Waals surface area (Å²) in [5, 5.41) is 3.90. The van der Waals surface area contributed by atoms with Crippen molar-refractivity contribution in [1.29, 1.82) is 0 Å². The SMILES string of the molecule is CON=C1CCCCC1.Cl. The van der Waals surface area contributed by atoms with Gasteiger partial charge in [0.05, 0.1) is 5.71 Å². The molecule has 1 saturated carbocycles. The van der Waals surface area contributed by atoms with Crippen molar-refractivity contribution in [3.63, 3.8) is 0 Å². The van der Waals surface area contributed by atoms with E-state index < -0.39 is 0 Å². The molecular weight excluding hydrogens is 150 g/mol. The van der Waals surface area contributed by atoms with Crippen LogP contribution >= 0.6 is 12.4 Å². The standard InChI is InChI=1S/C7H13NO.ClH/c1-9-8-7-5-3-2-4-6-7;/h2-6H2,1H3;1H. The van der Waals surface area contributed by atoms with Gasteiger partial charge in [0.1, 0.15) is 7.11 Å². The highest BCUT2D eigenvalue weighted by Crippen LogP contribution is 2.14. The average Bonchev–Trinajstić information content (AvgIpc) is 1.91. The van der Waals surface area contributed by atoms with Crippen molar-refractivity contribution < 1.29 is 4.84 Å². The molecule has 0 aromatic rings.